The highest BCUT2D eigenvalue weighted by atomic mass is 16.5. The molecule has 10 nitrogen and oxygen atoms in total. The van der Waals surface area contributed by atoms with Crippen molar-refractivity contribution in [2.45, 2.75) is 32.4 Å². The van der Waals surface area contributed by atoms with Crippen molar-refractivity contribution in [3.8, 4) is 5.75 Å². The first-order valence-corrected chi connectivity index (χ1v) is 15.0. The van der Waals surface area contributed by atoms with Crippen LogP contribution >= 0.6 is 0 Å². The van der Waals surface area contributed by atoms with Crippen LogP contribution in [0.2, 0.25) is 0 Å². The molecule has 5 amide bonds. The highest BCUT2D eigenvalue weighted by Gasteiger charge is 2.32. The molecule has 1 aliphatic heterocycles. The lowest BCUT2D eigenvalue weighted by Gasteiger charge is -2.34. The fourth-order valence-corrected chi connectivity index (χ4v) is 5.44. The molecule has 0 bridgehead atoms. The zero-order valence-electron chi connectivity index (χ0n) is 25.7. The monoisotopic (exact) mass is 609 g/mol. The smallest absolute Gasteiger partial charge is 0.323 e. The van der Waals surface area contributed by atoms with Gasteiger partial charge in [0.15, 0.2) is 0 Å². The van der Waals surface area contributed by atoms with Crippen molar-refractivity contribution < 1.29 is 24.2 Å². The van der Waals surface area contributed by atoms with Gasteiger partial charge < -0.3 is 35.6 Å². The summed E-state index contributed by atoms with van der Waals surface area (Å²) < 4.78 is 6.54. The fraction of sp³-hybridized carbons (Fsp3) is 0.286. The number of hydrogen-bond donors (Lipinski definition) is 4. The SMILES string of the molecule is C[C@H](CO)N1C[C@H](C)[C@@H](CN(C)C(=O)Nc2cccc3ccccc23)Oc2ccc(NC(=O)Nc3ccccc3)cc2CC1=O. The molecule has 0 aliphatic carbocycles. The van der Waals surface area contributed by atoms with Gasteiger partial charge in [0.2, 0.25) is 5.91 Å². The standard InChI is InChI=1S/C35H39N5O5/c1-23-20-40(24(2)22-41)33(42)19-26-18-28(37-34(43)36-27-12-5-4-6-13-27)16-17-31(26)45-32(23)21-39(3)35(44)38-30-15-9-11-25-10-7-8-14-29(25)30/h4-18,23-24,32,41H,19-22H2,1-3H3,(H,38,44)(H2,36,37,43)/t23-,24+,32+/m0/s1. The number of para-hydroxylation sites is 1. The van der Waals surface area contributed by atoms with Crippen LogP contribution in [0.3, 0.4) is 0 Å². The maximum absolute atomic E-state index is 13.5. The predicted molar refractivity (Wildman–Crippen MR) is 177 cm³/mol. The van der Waals surface area contributed by atoms with Crippen LogP contribution in [0.15, 0.2) is 91.0 Å². The average molecular weight is 610 g/mol. The third-order valence-electron chi connectivity index (χ3n) is 8.04. The van der Waals surface area contributed by atoms with Crippen LogP contribution in [0.25, 0.3) is 10.8 Å². The second-order valence-electron chi connectivity index (χ2n) is 11.5. The van der Waals surface area contributed by atoms with Crippen LogP contribution in [0.5, 0.6) is 5.75 Å². The predicted octanol–water partition coefficient (Wildman–Crippen LogP) is 5.80. The van der Waals surface area contributed by atoms with Gasteiger partial charge in [-0.25, -0.2) is 9.59 Å². The Labute approximate surface area is 263 Å². The van der Waals surface area contributed by atoms with Gasteiger partial charge in [0.05, 0.1) is 31.3 Å². The highest BCUT2D eigenvalue weighted by molar-refractivity contribution is 6.01. The van der Waals surface area contributed by atoms with Gasteiger partial charge in [0.1, 0.15) is 11.9 Å². The molecule has 4 aromatic carbocycles. The number of carbonyl (C=O) groups is 3. The molecule has 234 valence electrons. The van der Waals surface area contributed by atoms with Crippen LogP contribution in [0.4, 0.5) is 26.7 Å². The number of anilines is 3. The molecule has 4 N–H and O–H groups in total. The van der Waals surface area contributed by atoms with Crippen LogP contribution in [-0.4, -0.2) is 71.8 Å². The maximum Gasteiger partial charge on any atom is 0.323 e. The van der Waals surface area contributed by atoms with Crippen LogP contribution in [0, 0.1) is 5.92 Å². The van der Waals surface area contributed by atoms with Crippen molar-refractivity contribution in [1.29, 1.82) is 0 Å². The van der Waals surface area contributed by atoms with E-state index in [0.717, 1.165) is 10.8 Å². The summed E-state index contributed by atoms with van der Waals surface area (Å²) in [7, 11) is 1.71. The van der Waals surface area contributed by atoms with Crippen molar-refractivity contribution in [3.63, 3.8) is 0 Å². The first-order chi connectivity index (χ1) is 21.7. The number of aliphatic hydroxyl groups excluding tert-OH is 1. The zero-order valence-corrected chi connectivity index (χ0v) is 25.7. The Morgan fingerprint density at radius 3 is 2.44 bits per heavy atom. The summed E-state index contributed by atoms with van der Waals surface area (Å²) in [4.78, 5) is 42.8. The van der Waals surface area contributed by atoms with Gasteiger partial charge in [-0.1, -0.05) is 61.5 Å². The van der Waals surface area contributed by atoms with Gasteiger partial charge in [-0.05, 0) is 48.7 Å². The van der Waals surface area contributed by atoms with E-state index in [4.69, 9.17) is 4.74 Å². The van der Waals surface area contributed by atoms with E-state index in [-0.39, 0.29) is 37.4 Å². The van der Waals surface area contributed by atoms with E-state index < -0.39 is 18.2 Å². The summed E-state index contributed by atoms with van der Waals surface area (Å²) in [6, 6.07) is 26.8. The molecule has 3 atom stereocenters. The molecular weight excluding hydrogens is 570 g/mol. The van der Waals surface area contributed by atoms with E-state index >= 15 is 0 Å². The summed E-state index contributed by atoms with van der Waals surface area (Å²) in [6.07, 6.45) is -0.460. The van der Waals surface area contributed by atoms with Crippen molar-refractivity contribution in [3.05, 3.63) is 96.6 Å². The lowest BCUT2D eigenvalue weighted by Crippen LogP contribution is -2.48. The molecule has 1 heterocycles. The summed E-state index contributed by atoms with van der Waals surface area (Å²) in [5, 5.41) is 20.5. The molecule has 0 saturated heterocycles. The molecule has 0 unspecified atom stereocenters. The second kappa shape index (κ2) is 14.1. The molecule has 4 aromatic rings. The number of benzene rings is 4. The third kappa shape index (κ3) is 7.71. The number of amides is 5. The lowest BCUT2D eigenvalue weighted by atomic mass is 10.0. The van der Waals surface area contributed by atoms with Crippen LogP contribution in [-0.2, 0) is 11.2 Å². The van der Waals surface area contributed by atoms with E-state index in [0.29, 0.717) is 34.9 Å². The Balaban J connectivity index is 1.36. The Bertz CT molecular complexity index is 1660. The van der Waals surface area contributed by atoms with Crippen LogP contribution in [0.1, 0.15) is 19.4 Å². The minimum Gasteiger partial charge on any atom is -0.488 e. The molecular formula is C35H39N5O5. The summed E-state index contributed by atoms with van der Waals surface area (Å²) in [5.41, 5.74) is 2.45. The molecule has 0 aromatic heterocycles. The minimum atomic E-state index is -0.480. The number of carbonyl (C=O) groups excluding carboxylic acids is 3. The second-order valence-corrected chi connectivity index (χ2v) is 11.5. The lowest BCUT2D eigenvalue weighted by molar-refractivity contribution is -0.134. The van der Waals surface area contributed by atoms with Gasteiger partial charge in [0.25, 0.3) is 0 Å². The van der Waals surface area contributed by atoms with E-state index in [1.54, 1.807) is 54.1 Å². The largest absolute Gasteiger partial charge is 0.488 e. The minimum absolute atomic E-state index is 0.0202. The van der Waals surface area contributed by atoms with Gasteiger partial charge in [-0.15, -0.1) is 0 Å². The van der Waals surface area contributed by atoms with E-state index in [1.807, 2.05) is 67.6 Å². The first kappa shape index (κ1) is 31.3. The van der Waals surface area contributed by atoms with E-state index in [1.165, 1.54) is 0 Å². The quantitative estimate of drug-likeness (QED) is 0.211. The number of nitrogens with one attached hydrogen (secondary N) is 3. The molecule has 5 rings (SSSR count). The Morgan fingerprint density at radius 2 is 1.67 bits per heavy atom. The van der Waals surface area contributed by atoms with Gasteiger partial charge >= 0.3 is 12.1 Å². The Kier molecular flexibility index (Phi) is 9.84. The number of nitrogens with zero attached hydrogens (tertiary/aromatic N) is 2. The number of ether oxygens (including phenoxy) is 1. The van der Waals surface area contributed by atoms with E-state index in [2.05, 4.69) is 16.0 Å². The maximum atomic E-state index is 13.5. The van der Waals surface area contributed by atoms with E-state index in [9.17, 15) is 19.5 Å². The number of rotatable bonds is 7. The van der Waals surface area contributed by atoms with Gasteiger partial charge in [-0.3, -0.25) is 4.79 Å². The molecule has 1 aliphatic rings. The zero-order chi connectivity index (χ0) is 31.9. The molecule has 0 radical (unpaired) electrons. The van der Waals surface area contributed by atoms with Crippen molar-refractivity contribution >= 4 is 45.8 Å². The normalized spacial score (nSPS) is 17.2. The number of likely N-dealkylation sites (N-methyl/N-ethyl adjacent to an activating group) is 1. The molecule has 0 saturated carbocycles. The molecule has 10 heteroatoms. The topological polar surface area (TPSA) is 123 Å². The summed E-state index contributed by atoms with van der Waals surface area (Å²) in [5.74, 6) is 0.147. The third-order valence-corrected chi connectivity index (χ3v) is 8.04. The fourth-order valence-electron chi connectivity index (χ4n) is 5.44. The Morgan fingerprint density at radius 1 is 0.956 bits per heavy atom. The van der Waals surface area contributed by atoms with Crippen LogP contribution < -0.4 is 20.7 Å². The van der Waals surface area contributed by atoms with Crippen molar-refractivity contribution in [2.75, 3.05) is 42.7 Å². The van der Waals surface area contributed by atoms with Gasteiger partial charge in [0, 0.05) is 41.8 Å². The van der Waals surface area contributed by atoms with Crippen molar-refractivity contribution in [2.24, 2.45) is 5.92 Å². The summed E-state index contributed by atoms with van der Waals surface area (Å²) >= 11 is 0. The molecule has 0 spiro atoms. The number of urea groups is 2. The number of aliphatic hydroxyl groups is 1. The number of hydrogen-bond acceptors (Lipinski definition) is 5. The van der Waals surface area contributed by atoms with Crippen molar-refractivity contribution in [1.82, 2.24) is 9.80 Å². The molecule has 0 fully saturated rings. The highest BCUT2D eigenvalue weighted by Crippen LogP contribution is 2.30. The average Bonchev–Trinajstić information content (AvgIpc) is 3.08. The summed E-state index contributed by atoms with van der Waals surface area (Å²) in [6.45, 7) is 4.16. The molecule has 45 heavy (non-hydrogen) atoms. The first-order valence-electron chi connectivity index (χ1n) is 15.0. The number of fused-ring (bicyclic) bond motifs is 2. The Hall–Kier alpha value is -5.09. The van der Waals surface area contributed by atoms with Gasteiger partial charge in [-0.2, -0.15) is 0 Å².